The van der Waals surface area contributed by atoms with Crippen LogP contribution in [0.2, 0.25) is 0 Å². The molecule has 4 heteroatoms. The number of hydrogen-bond acceptors (Lipinski definition) is 4. The Hall–Kier alpha value is -1.84. The summed E-state index contributed by atoms with van der Waals surface area (Å²) in [6.07, 6.45) is 2.31. The molecule has 1 aromatic carbocycles. The molecule has 0 amide bonds. The van der Waals surface area contributed by atoms with Gasteiger partial charge in [0.1, 0.15) is 0 Å². The number of benzene rings is 1. The van der Waals surface area contributed by atoms with Crippen LogP contribution in [0.4, 0.5) is 0 Å². The Kier molecular flexibility index (Phi) is 9.14. The second-order valence-corrected chi connectivity index (χ2v) is 3.69. The van der Waals surface area contributed by atoms with Crippen LogP contribution in [-0.2, 0) is 16.0 Å². The van der Waals surface area contributed by atoms with E-state index in [9.17, 15) is 4.79 Å². The van der Waals surface area contributed by atoms with Crippen LogP contribution in [0.5, 0.6) is 0 Å². The summed E-state index contributed by atoms with van der Waals surface area (Å²) in [5, 5.41) is 11.6. The largest absolute Gasteiger partial charge is 0.466 e. The first-order chi connectivity index (χ1) is 9.19. The Morgan fingerprint density at radius 1 is 1.42 bits per heavy atom. The lowest BCUT2D eigenvalue weighted by Crippen LogP contribution is -2.07. The van der Waals surface area contributed by atoms with Crippen LogP contribution in [0.1, 0.15) is 43.9 Å². The zero-order chi connectivity index (χ0) is 14.7. The maximum Gasteiger partial charge on any atom is 0.306 e. The van der Waals surface area contributed by atoms with Gasteiger partial charge in [-0.25, -0.2) is 0 Å². The molecule has 0 heterocycles. The summed E-state index contributed by atoms with van der Waals surface area (Å²) in [6, 6.07) is 5.71. The third-order valence-corrected chi connectivity index (χ3v) is 2.53. The lowest BCUT2D eigenvalue weighted by molar-refractivity contribution is -0.143. The van der Waals surface area contributed by atoms with Gasteiger partial charge in [-0.05, 0) is 37.0 Å². The van der Waals surface area contributed by atoms with Gasteiger partial charge >= 0.3 is 5.97 Å². The van der Waals surface area contributed by atoms with Crippen LogP contribution in [0.25, 0.3) is 0 Å². The zero-order valence-corrected chi connectivity index (χ0v) is 12.1. The van der Waals surface area contributed by atoms with Gasteiger partial charge in [0.15, 0.2) is 0 Å². The fourth-order valence-corrected chi connectivity index (χ4v) is 1.71. The number of hydrogen-bond donors (Lipinski definition) is 1. The third-order valence-electron chi connectivity index (χ3n) is 2.53. The first kappa shape index (κ1) is 17.2. The second-order valence-electron chi connectivity index (χ2n) is 3.69. The van der Waals surface area contributed by atoms with Gasteiger partial charge in [0.05, 0.1) is 12.8 Å². The number of oxime groups is 1. The van der Waals surface area contributed by atoms with Crippen molar-refractivity contribution < 1.29 is 14.7 Å². The topological polar surface area (TPSA) is 58.9 Å². The van der Waals surface area contributed by atoms with Gasteiger partial charge in [0.25, 0.3) is 0 Å². The van der Waals surface area contributed by atoms with Crippen molar-refractivity contribution in [3.63, 3.8) is 0 Å². The molecule has 0 aliphatic rings. The molecule has 1 aromatic rings. The maximum absolute atomic E-state index is 11.3. The first-order valence-electron chi connectivity index (χ1n) is 6.60. The van der Waals surface area contributed by atoms with E-state index in [-0.39, 0.29) is 5.97 Å². The molecule has 19 heavy (non-hydrogen) atoms. The quantitative estimate of drug-likeness (QED) is 0.384. The van der Waals surface area contributed by atoms with Crippen molar-refractivity contribution in [1.82, 2.24) is 0 Å². The van der Waals surface area contributed by atoms with Crippen molar-refractivity contribution in [3.8, 4) is 0 Å². The van der Waals surface area contributed by atoms with Gasteiger partial charge in [0, 0.05) is 6.42 Å². The molecule has 1 N–H and O–H groups in total. The molecular weight excluding hydrogens is 242 g/mol. The standard InChI is InChI=1S/C13H17NO3.C2H6/c1-3-17-13(15)8-7-12-10(2)5-4-6-11(12)9-14-16;1-2/h4-6,9,16H,3,7-8H2,1-2H3;1-2H3/b14-9-;. The van der Waals surface area contributed by atoms with E-state index in [0.717, 1.165) is 16.7 Å². The Morgan fingerprint density at radius 3 is 2.68 bits per heavy atom. The fourth-order valence-electron chi connectivity index (χ4n) is 1.71. The number of ether oxygens (including phenoxy) is 1. The SMILES string of the molecule is CC.CCOC(=O)CCc1c(C)cccc1/C=N\O. The summed E-state index contributed by atoms with van der Waals surface area (Å²) in [5.41, 5.74) is 2.92. The smallest absolute Gasteiger partial charge is 0.306 e. The number of rotatable bonds is 5. The lowest BCUT2D eigenvalue weighted by atomic mass is 9.98. The molecule has 4 nitrogen and oxygen atoms in total. The van der Waals surface area contributed by atoms with Gasteiger partial charge < -0.3 is 9.94 Å². The second kappa shape index (κ2) is 10.1. The minimum atomic E-state index is -0.206. The van der Waals surface area contributed by atoms with Crippen LogP contribution in [0.15, 0.2) is 23.4 Å². The minimum absolute atomic E-state index is 0.206. The average Bonchev–Trinajstić information content (AvgIpc) is 2.41. The van der Waals surface area contributed by atoms with Crippen molar-refractivity contribution in [2.24, 2.45) is 5.16 Å². The zero-order valence-electron chi connectivity index (χ0n) is 12.1. The molecule has 1 rings (SSSR count). The van der Waals surface area contributed by atoms with Gasteiger partial charge in [0.2, 0.25) is 0 Å². The highest BCUT2D eigenvalue weighted by Gasteiger charge is 2.08. The predicted molar refractivity (Wildman–Crippen MR) is 76.9 cm³/mol. The molecular formula is C15H23NO3. The molecule has 0 spiro atoms. The number of carbonyl (C=O) groups excluding carboxylic acids is 1. The molecule has 0 aliphatic heterocycles. The first-order valence-corrected chi connectivity index (χ1v) is 6.60. The minimum Gasteiger partial charge on any atom is -0.466 e. The Morgan fingerprint density at radius 2 is 2.11 bits per heavy atom. The molecule has 0 saturated heterocycles. The number of nitrogens with zero attached hydrogens (tertiary/aromatic N) is 1. The number of carbonyl (C=O) groups is 1. The fraction of sp³-hybridized carbons (Fsp3) is 0.467. The van der Waals surface area contributed by atoms with Crippen LogP contribution in [0, 0.1) is 6.92 Å². The molecule has 0 radical (unpaired) electrons. The van der Waals surface area contributed by atoms with Gasteiger partial charge in [-0.1, -0.05) is 37.2 Å². The molecule has 0 aromatic heterocycles. The summed E-state index contributed by atoms with van der Waals surface area (Å²) in [7, 11) is 0. The average molecular weight is 265 g/mol. The Labute approximate surface area is 115 Å². The predicted octanol–water partition coefficient (Wildman–Crippen LogP) is 3.33. The van der Waals surface area contributed by atoms with E-state index < -0.39 is 0 Å². The van der Waals surface area contributed by atoms with Crippen molar-refractivity contribution in [3.05, 3.63) is 34.9 Å². The lowest BCUT2D eigenvalue weighted by Gasteiger charge is -2.08. The highest BCUT2D eigenvalue weighted by Crippen LogP contribution is 2.15. The molecule has 0 bridgehead atoms. The van der Waals surface area contributed by atoms with Crippen molar-refractivity contribution >= 4 is 12.2 Å². The monoisotopic (exact) mass is 265 g/mol. The van der Waals surface area contributed by atoms with Gasteiger partial charge in [-0.15, -0.1) is 0 Å². The highest BCUT2D eigenvalue weighted by atomic mass is 16.5. The van der Waals surface area contributed by atoms with E-state index >= 15 is 0 Å². The summed E-state index contributed by atoms with van der Waals surface area (Å²) in [6.45, 7) is 8.16. The van der Waals surface area contributed by atoms with Crippen LogP contribution in [-0.4, -0.2) is 24.0 Å². The molecule has 0 unspecified atom stereocenters. The van der Waals surface area contributed by atoms with E-state index in [2.05, 4.69) is 5.16 Å². The third kappa shape index (κ3) is 6.04. The van der Waals surface area contributed by atoms with Crippen molar-refractivity contribution in [2.75, 3.05) is 6.61 Å². The molecule has 0 saturated carbocycles. The molecule has 106 valence electrons. The van der Waals surface area contributed by atoms with Crippen molar-refractivity contribution in [2.45, 2.75) is 40.5 Å². The summed E-state index contributed by atoms with van der Waals surface area (Å²) >= 11 is 0. The van der Waals surface area contributed by atoms with Crippen LogP contribution < -0.4 is 0 Å². The van der Waals surface area contributed by atoms with Gasteiger partial charge in [-0.3, -0.25) is 4.79 Å². The van der Waals surface area contributed by atoms with E-state index in [0.29, 0.717) is 19.4 Å². The van der Waals surface area contributed by atoms with Gasteiger partial charge in [-0.2, -0.15) is 0 Å². The number of aryl methyl sites for hydroxylation is 1. The molecule has 0 aliphatic carbocycles. The molecule has 0 fully saturated rings. The van der Waals surface area contributed by atoms with E-state index in [1.807, 2.05) is 39.0 Å². The summed E-state index contributed by atoms with van der Waals surface area (Å²) < 4.78 is 4.88. The normalized spacial score (nSPS) is 9.89. The highest BCUT2D eigenvalue weighted by molar-refractivity contribution is 5.82. The summed E-state index contributed by atoms with van der Waals surface area (Å²) in [5.74, 6) is -0.206. The molecule has 0 atom stereocenters. The van der Waals surface area contributed by atoms with E-state index in [4.69, 9.17) is 9.94 Å². The number of esters is 1. The maximum atomic E-state index is 11.3. The van der Waals surface area contributed by atoms with E-state index in [1.54, 1.807) is 6.92 Å². The van der Waals surface area contributed by atoms with Crippen molar-refractivity contribution in [1.29, 1.82) is 0 Å². The Bertz CT molecular complexity index is 414. The van der Waals surface area contributed by atoms with E-state index in [1.165, 1.54) is 6.21 Å². The summed E-state index contributed by atoms with van der Waals surface area (Å²) in [4.78, 5) is 11.3. The Balaban J connectivity index is 0.00000154. The van der Waals surface area contributed by atoms with Crippen LogP contribution in [0.3, 0.4) is 0 Å². The van der Waals surface area contributed by atoms with Crippen LogP contribution >= 0.6 is 0 Å².